The largest absolute Gasteiger partial charge is 0.444 e. The predicted molar refractivity (Wildman–Crippen MR) is 111 cm³/mol. The minimum absolute atomic E-state index is 0.000325. The van der Waals surface area contributed by atoms with Gasteiger partial charge in [0.1, 0.15) is 11.4 Å². The number of piperidine rings is 1. The summed E-state index contributed by atoms with van der Waals surface area (Å²) in [5.41, 5.74) is 0.0794. The summed E-state index contributed by atoms with van der Waals surface area (Å²) < 4.78 is 18.3. The van der Waals surface area contributed by atoms with Gasteiger partial charge in [0, 0.05) is 32.6 Å². The molecule has 0 radical (unpaired) electrons. The van der Waals surface area contributed by atoms with Gasteiger partial charge in [-0.05, 0) is 57.2 Å². The van der Waals surface area contributed by atoms with E-state index in [4.69, 9.17) is 4.74 Å². The van der Waals surface area contributed by atoms with E-state index in [1.54, 1.807) is 37.8 Å². The summed E-state index contributed by atoms with van der Waals surface area (Å²) in [6, 6.07) is 6.03. The van der Waals surface area contributed by atoms with Crippen LogP contribution in [0.25, 0.3) is 0 Å². The maximum absolute atomic E-state index is 13.2. The van der Waals surface area contributed by atoms with Crippen molar-refractivity contribution < 1.29 is 23.5 Å². The van der Waals surface area contributed by atoms with Crippen molar-refractivity contribution >= 4 is 17.9 Å². The summed E-state index contributed by atoms with van der Waals surface area (Å²) in [5, 5.41) is 5.50. The number of hydrogen-bond donors (Lipinski definition) is 2. The van der Waals surface area contributed by atoms with E-state index >= 15 is 0 Å². The number of nitrogens with zero attached hydrogens (tertiary/aromatic N) is 1. The highest BCUT2D eigenvalue weighted by Gasteiger charge is 2.23. The fraction of sp³-hybridized carbons (Fsp3) is 0.591. The van der Waals surface area contributed by atoms with Gasteiger partial charge in [-0.1, -0.05) is 12.1 Å². The standard InChI is InChI=1S/C22H32FN3O4/c1-22(2,3)30-21(29)24-10-7-20(28)26-11-8-16(9-12-26)15-25-19(27)14-17-5-4-6-18(23)13-17/h4-6,13,16H,7-12,14-15H2,1-3H3,(H,24,29)(H,25,27). The van der Waals surface area contributed by atoms with Gasteiger partial charge in [-0.3, -0.25) is 9.59 Å². The zero-order chi connectivity index (χ0) is 22.1. The van der Waals surface area contributed by atoms with Crippen molar-refractivity contribution in [3.63, 3.8) is 0 Å². The normalized spacial score (nSPS) is 14.9. The van der Waals surface area contributed by atoms with Crippen molar-refractivity contribution in [2.75, 3.05) is 26.2 Å². The zero-order valence-electron chi connectivity index (χ0n) is 18.0. The molecule has 1 aliphatic heterocycles. The Balaban J connectivity index is 1.61. The first-order valence-corrected chi connectivity index (χ1v) is 10.4. The van der Waals surface area contributed by atoms with E-state index in [9.17, 15) is 18.8 Å². The second-order valence-electron chi connectivity index (χ2n) is 8.61. The lowest BCUT2D eigenvalue weighted by atomic mass is 9.96. The molecule has 0 aromatic heterocycles. The summed E-state index contributed by atoms with van der Waals surface area (Å²) in [6.07, 6.45) is 1.48. The molecule has 8 heteroatoms. The number of amides is 3. The van der Waals surface area contributed by atoms with Crippen LogP contribution in [0.3, 0.4) is 0 Å². The number of rotatable bonds is 7. The van der Waals surface area contributed by atoms with Gasteiger partial charge in [-0.25, -0.2) is 9.18 Å². The van der Waals surface area contributed by atoms with Gasteiger partial charge < -0.3 is 20.3 Å². The molecule has 2 rings (SSSR count). The van der Waals surface area contributed by atoms with Gasteiger partial charge >= 0.3 is 6.09 Å². The molecule has 0 aliphatic carbocycles. The quantitative estimate of drug-likeness (QED) is 0.709. The summed E-state index contributed by atoms with van der Waals surface area (Å²) in [5.74, 6) is -0.170. The van der Waals surface area contributed by atoms with Crippen LogP contribution in [0.15, 0.2) is 24.3 Å². The molecule has 7 nitrogen and oxygen atoms in total. The SMILES string of the molecule is CC(C)(C)OC(=O)NCCC(=O)N1CCC(CNC(=O)Cc2cccc(F)c2)CC1. The first kappa shape index (κ1) is 23.6. The number of alkyl carbamates (subject to hydrolysis) is 1. The summed E-state index contributed by atoms with van der Waals surface area (Å²) in [6.45, 7) is 7.41. The van der Waals surface area contributed by atoms with E-state index in [0.717, 1.165) is 12.8 Å². The first-order chi connectivity index (χ1) is 14.1. The van der Waals surface area contributed by atoms with E-state index in [2.05, 4.69) is 10.6 Å². The second-order valence-corrected chi connectivity index (χ2v) is 8.61. The average molecular weight is 422 g/mol. The minimum atomic E-state index is -0.567. The Morgan fingerprint density at radius 2 is 1.87 bits per heavy atom. The molecule has 0 saturated carbocycles. The van der Waals surface area contributed by atoms with Crippen molar-refractivity contribution in [2.24, 2.45) is 5.92 Å². The number of nitrogens with one attached hydrogen (secondary N) is 2. The maximum Gasteiger partial charge on any atom is 0.407 e. The van der Waals surface area contributed by atoms with Gasteiger partial charge in [-0.15, -0.1) is 0 Å². The number of ether oxygens (including phenoxy) is 1. The lowest BCUT2D eigenvalue weighted by molar-refractivity contribution is -0.132. The maximum atomic E-state index is 13.2. The molecule has 1 aromatic rings. The molecule has 1 heterocycles. The van der Waals surface area contributed by atoms with Crippen molar-refractivity contribution in [3.8, 4) is 0 Å². The molecular formula is C22H32FN3O4. The van der Waals surface area contributed by atoms with Crippen LogP contribution in [0.5, 0.6) is 0 Å². The highest BCUT2D eigenvalue weighted by atomic mass is 19.1. The lowest BCUT2D eigenvalue weighted by Gasteiger charge is -2.32. The number of benzene rings is 1. The van der Waals surface area contributed by atoms with Crippen LogP contribution in [0.4, 0.5) is 9.18 Å². The second kappa shape index (κ2) is 10.9. The molecule has 0 unspecified atom stereocenters. The van der Waals surface area contributed by atoms with Gasteiger partial charge in [0.05, 0.1) is 6.42 Å². The number of carbonyl (C=O) groups excluding carboxylic acids is 3. The highest BCUT2D eigenvalue weighted by Crippen LogP contribution is 2.17. The summed E-state index contributed by atoms with van der Waals surface area (Å²) in [4.78, 5) is 37.8. The molecule has 0 bridgehead atoms. The number of likely N-dealkylation sites (tertiary alicyclic amines) is 1. The summed E-state index contributed by atoms with van der Waals surface area (Å²) >= 11 is 0. The average Bonchev–Trinajstić information content (AvgIpc) is 2.65. The van der Waals surface area contributed by atoms with E-state index in [0.29, 0.717) is 31.1 Å². The van der Waals surface area contributed by atoms with Crippen LogP contribution in [0.1, 0.15) is 45.6 Å². The molecule has 1 fully saturated rings. The first-order valence-electron chi connectivity index (χ1n) is 10.4. The van der Waals surface area contributed by atoms with Crippen LogP contribution in [0, 0.1) is 11.7 Å². The van der Waals surface area contributed by atoms with E-state index in [-0.39, 0.29) is 37.0 Å². The Kier molecular flexibility index (Phi) is 8.62. The highest BCUT2D eigenvalue weighted by molar-refractivity contribution is 5.78. The molecule has 0 spiro atoms. The van der Waals surface area contributed by atoms with Gasteiger partial charge in [0.25, 0.3) is 0 Å². The molecule has 2 N–H and O–H groups in total. The van der Waals surface area contributed by atoms with Crippen molar-refractivity contribution in [3.05, 3.63) is 35.6 Å². The van der Waals surface area contributed by atoms with E-state index in [1.165, 1.54) is 12.1 Å². The smallest absolute Gasteiger partial charge is 0.407 e. The third kappa shape index (κ3) is 8.80. The molecule has 0 atom stereocenters. The van der Waals surface area contributed by atoms with Crippen LogP contribution in [0.2, 0.25) is 0 Å². The lowest BCUT2D eigenvalue weighted by Crippen LogP contribution is -2.43. The number of carbonyl (C=O) groups is 3. The Morgan fingerprint density at radius 1 is 1.17 bits per heavy atom. The third-order valence-electron chi connectivity index (χ3n) is 4.82. The molecule has 1 aliphatic rings. The molecule has 1 saturated heterocycles. The van der Waals surface area contributed by atoms with Gasteiger partial charge in [0.2, 0.25) is 11.8 Å². The topological polar surface area (TPSA) is 87.7 Å². The summed E-state index contributed by atoms with van der Waals surface area (Å²) in [7, 11) is 0. The van der Waals surface area contributed by atoms with Crippen LogP contribution in [-0.4, -0.2) is 54.6 Å². The number of halogens is 1. The van der Waals surface area contributed by atoms with Crippen LogP contribution >= 0.6 is 0 Å². The molecule has 30 heavy (non-hydrogen) atoms. The number of hydrogen-bond acceptors (Lipinski definition) is 4. The Morgan fingerprint density at radius 3 is 2.50 bits per heavy atom. The molecule has 3 amide bonds. The fourth-order valence-electron chi connectivity index (χ4n) is 3.28. The monoisotopic (exact) mass is 421 g/mol. The molecular weight excluding hydrogens is 389 g/mol. The molecule has 1 aromatic carbocycles. The van der Waals surface area contributed by atoms with E-state index < -0.39 is 11.7 Å². The van der Waals surface area contributed by atoms with Crippen molar-refractivity contribution in [2.45, 2.75) is 52.1 Å². The minimum Gasteiger partial charge on any atom is -0.444 e. The van der Waals surface area contributed by atoms with Crippen LogP contribution in [-0.2, 0) is 20.7 Å². The van der Waals surface area contributed by atoms with Gasteiger partial charge in [0.15, 0.2) is 0 Å². The molecule has 166 valence electrons. The predicted octanol–water partition coefficient (Wildman–Crippen LogP) is 2.64. The van der Waals surface area contributed by atoms with Crippen LogP contribution < -0.4 is 10.6 Å². The Bertz CT molecular complexity index is 740. The zero-order valence-corrected chi connectivity index (χ0v) is 18.0. The Labute approximate surface area is 177 Å². The Hall–Kier alpha value is -2.64. The van der Waals surface area contributed by atoms with Crippen molar-refractivity contribution in [1.29, 1.82) is 0 Å². The third-order valence-corrected chi connectivity index (χ3v) is 4.82. The van der Waals surface area contributed by atoms with Crippen molar-refractivity contribution in [1.82, 2.24) is 15.5 Å². The van der Waals surface area contributed by atoms with Gasteiger partial charge in [-0.2, -0.15) is 0 Å². The fourth-order valence-corrected chi connectivity index (χ4v) is 3.28. The van der Waals surface area contributed by atoms with E-state index in [1.807, 2.05) is 0 Å².